The van der Waals surface area contributed by atoms with Crippen molar-refractivity contribution < 1.29 is 5.11 Å². The molecule has 0 bridgehead atoms. The highest BCUT2D eigenvalue weighted by atomic mass is 16.3. The maximum absolute atomic E-state index is 10.2. The van der Waals surface area contributed by atoms with Gasteiger partial charge in [0.25, 0.3) is 0 Å². The van der Waals surface area contributed by atoms with Crippen LogP contribution >= 0.6 is 0 Å². The van der Waals surface area contributed by atoms with Crippen LogP contribution in [0, 0.1) is 5.92 Å². The van der Waals surface area contributed by atoms with E-state index in [0.29, 0.717) is 23.1 Å². The lowest BCUT2D eigenvalue weighted by molar-refractivity contribution is 0.415. The van der Waals surface area contributed by atoms with Gasteiger partial charge in [0.2, 0.25) is 0 Å². The SMILES string of the molecule is CC(C)(C)/N=C/C1CCN(/C(N)=C/C=C/c2ncc(-n3nccn3)cc2O)C1. The van der Waals surface area contributed by atoms with Gasteiger partial charge in [0, 0.05) is 31.3 Å². The standard InChI is InChI=1S/C20H27N7O/c1-20(2,3)23-12-15-7-10-26(14-15)19(21)6-4-5-17-18(28)11-16(13-22-17)27-24-8-9-25-27/h4-6,8-9,11-13,15,28H,7,10,14,21H2,1-3H3/b5-4+,19-6+,23-12+. The Kier molecular flexibility index (Phi) is 5.77. The van der Waals surface area contributed by atoms with Crippen molar-refractivity contribution in [3.05, 3.63) is 48.3 Å². The molecule has 3 N–H and O–H groups in total. The minimum Gasteiger partial charge on any atom is -0.506 e. The first kappa shape index (κ1) is 19.6. The van der Waals surface area contributed by atoms with Crippen molar-refractivity contribution in [1.29, 1.82) is 0 Å². The Morgan fingerprint density at radius 2 is 2.07 bits per heavy atom. The minimum atomic E-state index is -0.0461. The molecule has 2 aromatic heterocycles. The molecule has 0 amide bonds. The van der Waals surface area contributed by atoms with E-state index in [1.165, 1.54) is 4.80 Å². The maximum Gasteiger partial charge on any atom is 0.143 e. The van der Waals surface area contributed by atoms with Gasteiger partial charge in [0.1, 0.15) is 17.1 Å². The van der Waals surface area contributed by atoms with Crippen LogP contribution in [0.2, 0.25) is 0 Å². The first-order valence-corrected chi connectivity index (χ1v) is 9.32. The Balaban J connectivity index is 1.60. The van der Waals surface area contributed by atoms with Crippen molar-refractivity contribution >= 4 is 12.3 Å². The Labute approximate surface area is 165 Å². The Hall–Kier alpha value is -3.16. The van der Waals surface area contributed by atoms with Gasteiger partial charge in [-0.2, -0.15) is 10.2 Å². The van der Waals surface area contributed by atoms with E-state index in [0.717, 1.165) is 19.5 Å². The summed E-state index contributed by atoms with van der Waals surface area (Å²) in [5, 5.41) is 18.2. The van der Waals surface area contributed by atoms with Gasteiger partial charge >= 0.3 is 0 Å². The predicted octanol–water partition coefficient (Wildman–Crippen LogP) is 2.37. The average Bonchev–Trinajstić information content (AvgIpc) is 3.32. The summed E-state index contributed by atoms with van der Waals surface area (Å²) >= 11 is 0. The molecule has 0 aliphatic carbocycles. The van der Waals surface area contributed by atoms with Gasteiger partial charge in [-0.25, -0.2) is 0 Å². The summed E-state index contributed by atoms with van der Waals surface area (Å²) in [5.41, 5.74) is 7.20. The second-order valence-electron chi connectivity index (χ2n) is 7.81. The smallest absolute Gasteiger partial charge is 0.143 e. The lowest BCUT2D eigenvalue weighted by Crippen LogP contribution is -2.25. The van der Waals surface area contributed by atoms with Crippen LogP contribution in [-0.4, -0.2) is 54.8 Å². The first-order valence-electron chi connectivity index (χ1n) is 9.32. The number of aliphatic imine (C=N–C) groups is 1. The van der Waals surface area contributed by atoms with E-state index in [9.17, 15) is 5.11 Å². The van der Waals surface area contributed by atoms with Crippen LogP contribution in [0.25, 0.3) is 11.8 Å². The van der Waals surface area contributed by atoms with Crippen molar-refractivity contribution in [3.63, 3.8) is 0 Å². The molecule has 8 nitrogen and oxygen atoms in total. The molecule has 1 atom stereocenters. The fourth-order valence-electron chi connectivity index (χ4n) is 2.86. The van der Waals surface area contributed by atoms with E-state index in [2.05, 4.69) is 52.1 Å². The van der Waals surface area contributed by atoms with E-state index in [1.54, 1.807) is 36.8 Å². The molecule has 8 heteroatoms. The van der Waals surface area contributed by atoms with E-state index >= 15 is 0 Å². The van der Waals surface area contributed by atoms with Gasteiger partial charge in [-0.1, -0.05) is 6.08 Å². The molecular weight excluding hydrogens is 354 g/mol. The molecule has 1 unspecified atom stereocenters. The summed E-state index contributed by atoms with van der Waals surface area (Å²) in [7, 11) is 0. The fourth-order valence-corrected chi connectivity index (χ4v) is 2.86. The number of allylic oxidation sites excluding steroid dienone is 2. The quantitative estimate of drug-likeness (QED) is 0.608. The monoisotopic (exact) mass is 381 g/mol. The van der Waals surface area contributed by atoms with Crippen molar-refractivity contribution in [3.8, 4) is 11.4 Å². The largest absolute Gasteiger partial charge is 0.506 e. The molecule has 148 valence electrons. The fraction of sp³-hybridized carbons (Fsp3) is 0.400. The highest BCUT2D eigenvalue weighted by Gasteiger charge is 2.22. The number of hydrogen-bond donors (Lipinski definition) is 2. The van der Waals surface area contributed by atoms with Gasteiger partial charge < -0.3 is 15.7 Å². The van der Waals surface area contributed by atoms with Crippen molar-refractivity contribution in [2.45, 2.75) is 32.7 Å². The number of nitrogens with two attached hydrogens (primary N) is 1. The van der Waals surface area contributed by atoms with E-state index in [-0.39, 0.29) is 11.3 Å². The summed E-state index contributed by atoms with van der Waals surface area (Å²) in [6.07, 6.45) is 13.2. The lowest BCUT2D eigenvalue weighted by Gasteiger charge is -2.18. The molecule has 0 aromatic carbocycles. The Bertz CT molecular complexity index is 878. The number of aromatic hydroxyl groups is 1. The molecule has 0 radical (unpaired) electrons. The van der Waals surface area contributed by atoms with Crippen LogP contribution in [0.1, 0.15) is 32.9 Å². The average molecular weight is 381 g/mol. The molecule has 3 heterocycles. The zero-order valence-corrected chi connectivity index (χ0v) is 16.5. The molecule has 3 rings (SSSR count). The van der Waals surface area contributed by atoms with Crippen LogP contribution in [0.5, 0.6) is 5.75 Å². The predicted molar refractivity (Wildman–Crippen MR) is 110 cm³/mol. The normalized spacial score (nSPS) is 18.6. The Morgan fingerprint density at radius 1 is 1.32 bits per heavy atom. The summed E-state index contributed by atoms with van der Waals surface area (Å²) in [4.78, 5) is 12.4. The van der Waals surface area contributed by atoms with E-state index in [4.69, 9.17) is 5.73 Å². The minimum absolute atomic E-state index is 0.0461. The number of likely N-dealkylation sites (tertiary alicyclic amines) is 1. The highest BCUT2D eigenvalue weighted by molar-refractivity contribution is 5.62. The summed E-state index contributed by atoms with van der Waals surface area (Å²) in [6, 6.07) is 1.57. The van der Waals surface area contributed by atoms with Crippen LogP contribution < -0.4 is 5.73 Å². The number of hydrogen-bond acceptors (Lipinski definition) is 7. The van der Waals surface area contributed by atoms with Crippen LogP contribution in [0.3, 0.4) is 0 Å². The molecule has 0 spiro atoms. The molecule has 2 aromatic rings. The van der Waals surface area contributed by atoms with Crippen molar-refractivity contribution in [2.24, 2.45) is 16.6 Å². The van der Waals surface area contributed by atoms with Gasteiger partial charge in [-0.15, -0.1) is 4.80 Å². The lowest BCUT2D eigenvalue weighted by atomic mass is 10.1. The maximum atomic E-state index is 10.2. The third-order valence-corrected chi connectivity index (χ3v) is 4.32. The molecule has 1 aliphatic rings. The van der Waals surface area contributed by atoms with Gasteiger partial charge in [0.15, 0.2) is 0 Å². The molecule has 1 fully saturated rings. The van der Waals surface area contributed by atoms with E-state index in [1.807, 2.05) is 6.08 Å². The molecular formula is C20H27N7O. The summed E-state index contributed by atoms with van der Waals surface area (Å²) in [6.45, 7) is 8.06. The summed E-state index contributed by atoms with van der Waals surface area (Å²) < 4.78 is 0. The molecule has 1 aliphatic heterocycles. The third-order valence-electron chi connectivity index (χ3n) is 4.32. The zero-order chi connectivity index (χ0) is 20.1. The van der Waals surface area contributed by atoms with E-state index < -0.39 is 0 Å². The molecule has 1 saturated heterocycles. The number of nitrogens with zero attached hydrogens (tertiary/aromatic N) is 6. The van der Waals surface area contributed by atoms with Gasteiger partial charge in [0.05, 0.1) is 30.0 Å². The second-order valence-corrected chi connectivity index (χ2v) is 7.81. The number of aromatic nitrogens is 4. The zero-order valence-electron chi connectivity index (χ0n) is 16.5. The molecule has 28 heavy (non-hydrogen) atoms. The third kappa shape index (κ3) is 5.18. The first-order chi connectivity index (χ1) is 13.3. The number of rotatable bonds is 5. The molecule has 0 saturated carbocycles. The summed E-state index contributed by atoms with van der Waals surface area (Å²) in [5.74, 6) is 1.17. The second kappa shape index (κ2) is 8.24. The van der Waals surface area contributed by atoms with Crippen molar-refractivity contribution in [2.75, 3.05) is 13.1 Å². The van der Waals surface area contributed by atoms with Crippen molar-refractivity contribution in [1.82, 2.24) is 24.9 Å². The Morgan fingerprint density at radius 3 is 2.75 bits per heavy atom. The van der Waals surface area contributed by atoms with Gasteiger partial charge in [-0.3, -0.25) is 9.98 Å². The highest BCUT2D eigenvalue weighted by Crippen LogP contribution is 2.20. The van der Waals surface area contributed by atoms with Crippen LogP contribution in [0.15, 0.2) is 47.6 Å². The topological polar surface area (TPSA) is 105 Å². The van der Waals surface area contributed by atoms with Crippen LogP contribution in [-0.2, 0) is 0 Å². The van der Waals surface area contributed by atoms with Crippen LogP contribution in [0.4, 0.5) is 0 Å². The van der Waals surface area contributed by atoms with Gasteiger partial charge in [-0.05, 0) is 39.3 Å². The number of pyridine rings is 1.